The van der Waals surface area contributed by atoms with Gasteiger partial charge in [-0.3, -0.25) is 19.3 Å². The second-order valence-electron chi connectivity index (χ2n) is 16.0. The van der Waals surface area contributed by atoms with E-state index in [1.807, 2.05) is 94.5 Å². The average Bonchev–Trinajstić information content (AvgIpc) is 3.74. The van der Waals surface area contributed by atoms with Gasteiger partial charge in [0, 0.05) is 34.5 Å². The number of urea groups is 1. The van der Waals surface area contributed by atoms with E-state index in [0.717, 1.165) is 29.9 Å². The minimum absolute atomic E-state index is 0.0393. The number of ether oxygens (including phenoxy) is 1. The Balaban J connectivity index is 1.23. The Morgan fingerprint density at radius 3 is 2.46 bits per heavy atom. The predicted octanol–water partition coefficient (Wildman–Crippen LogP) is 5.62. The standard InChI is InChI=1S/C39H49N9O4/c1-36(2,3)29-21-30(42-32(41-29)33(50)40-23-37(4,5)47(7)8)43-35(51)44-39(24-49)20-17-28(26-13-9-10-14-27(26)39)52-25-15-16-31-45-46-34(48(31)22-25)38(6)18-11-12-19-38/h9-10,13-17,20-22,24,28H,11-12,18-19,23H2,1-8H3,(H,40,50)(H2,41,42,43,44,51)/t28-,39-/m1/s1. The molecule has 3 N–H and O–H groups in total. The van der Waals surface area contributed by atoms with Crippen LogP contribution in [0.15, 0.2) is 60.8 Å². The molecule has 0 bridgehead atoms. The quantitative estimate of drug-likeness (QED) is 0.141. The number of rotatable bonds is 10. The van der Waals surface area contributed by atoms with Crippen molar-refractivity contribution in [3.63, 3.8) is 0 Å². The van der Waals surface area contributed by atoms with Gasteiger partial charge in [0.15, 0.2) is 11.9 Å². The van der Waals surface area contributed by atoms with E-state index < -0.39 is 29.0 Å². The Kier molecular flexibility index (Phi) is 9.69. The first-order valence-corrected chi connectivity index (χ1v) is 17.7. The molecule has 1 saturated carbocycles. The molecule has 6 rings (SSSR count). The summed E-state index contributed by atoms with van der Waals surface area (Å²) < 4.78 is 8.53. The van der Waals surface area contributed by atoms with Crippen LogP contribution in [0.3, 0.4) is 0 Å². The number of nitrogens with one attached hydrogen (secondary N) is 3. The summed E-state index contributed by atoms with van der Waals surface area (Å²) in [5.41, 5.74) is 0.314. The predicted molar refractivity (Wildman–Crippen MR) is 198 cm³/mol. The molecule has 0 saturated heterocycles. The van der Waals surface area contributed by atoms with Crippen LogP contribution < -0.4 is 20.7 Å². The molecule has 3 amide bonds. The van der Waals surface area contributed by atoms with Crippen LogP contribution in [0.4, 0.5) is 10.6 Å². The number of aromatic nitrogens is 5. The lowest BCUT2D eigenvalue weighted by atomic mass is 9.81. The van der Waals surface area contributed by atoms with Crippen molar-refractivity contribution in [1.82, 2.24) is 40.1 Å². The second-order valence-corrected chi connectivity index (χ2v) is 16.0. The Morgan fingerprint density at radius 1 is 1.04 bits per heavy atom. The topological polar surface area (TPSA) is 156 Å². The molecule has 13 nitrogen and oxygen atoms in total. The summed E-state index contributed by atoms with van der Waals surface area (Å²) in [5, 5.41) is 17.5. The lowest BCUT2D eigenvalue weighted by Gasteiger charge is -2.34. The van der Waals surface area contributed by atoms with Crippen LogP contribution in [0.1, 0.15) is 107 Å². The largest absolute Gasteiger partial charge is 0.480 e. The molecular formula is C39H49N9O4. The third-order valence-corrected chi connectivity index (χ3v) is 10.5. The zero-order valence-corrected chi connectivity index (χ0v) is 31.3. The first-order valence-electron chi connectivity index (χ1n) is 17.7. The van der Waals surface area contributed by atoms with Crippen LogP contribution in [0.2, 0.25) is 0 Å². The zero-order chi connectivity index (χ0) is 37.5. The van der Waals surface area contributed by atoms with Gasteiger partial charge in [0.25, 0.3) is 5.91 Å². The molecular weight excluding hydrogens is 658 g/mol. The molecule has 0 unspecified atom stereocenters. The molecule has 3 heterocycles. The molecule has 2 aliphatic carbocycles. The molecule has 2 atom stereocenters. The average molecular weight is 708 g/mol. The number of likely N-dealkylation sites (N-methyl/N-ethyl adjacent to an activating group) is 1. The normalized spacial score (nSPS) is 19.7. The number of amides is 3. The number of anilines is 1. The summed E-state index contributed by atoms with van der Waals surface area (Å²) in [7, 11) is 3.88. The Labute approximate surface area is 304 Å². The molecule has 3 aromatic heterocycles. The number of aldehydes is 1. The highest BCUT2D eigenvalue weighted by atomic mass is 16.5. The summed E-state index contributed by atoms with van der Waals surface area (Å²) in [4.78, 5) is 50.7. The molecule has 1 aromatic carbocycles. The first-order chi connectivity index (χ1) is 24.5. The molecule has 52 heavy (non-hydrogen) atoms. The van der Waals surface area contributed by atoms with Crippen molar-refractivity contribution in [3.8, 4) is 5.75 Å². The lowest BCUT2D eigenvalue weighted by Crippen LogP contribution is -2.49. The summed E-state index contributed by atoms with van der Waals surface area (Å²) in [6.45, 7) is 12.5. The molecule has 0 aliphatic heterocycles. The maximum Gasteiger partial charge on any atom is 0.321 e. The van der Waals surface area contributed by atoms with Gasteiger partial charge in [-0.1, -0.05) is 64.8 Å². The fourth-order valence-electron chi connectivity index (χ4n) is 6.64. The third-order valence-electron chi connectivity index (χ3n) is 10.5. The van der Waals surface area contributed by atoms with Crippen LogP contribution >= 0.6 is 0 Å². The highest BCUT2D eigenvalue weighted by Gasteiger charge is 2.39. The van der Waals surface area contributed by atoms with Gasteiger partial charge in [0.1, 0.15) is 29.0 Å². The van der Waals surface area contributed by atoms with Crippen molar-refractivity contribution in [3.05, 3.63) is 89.3 Å². The van der Waals surface area contributed by atoms with E-state index in [9.17, 15) is 14.4 Å². The van der Waals surface area contributed by atoms with E-state index in [2.05, 4.69) is 43.0 Å². The van der Waals surface area contributed by atoms with E-state index >= 15 is 0 Å². The number of nitrogens with zero attached hydrogens (tertiary/aromatic N) is 6. The number of carbonyl (C=O) groups is 3. The maximum atomic E-state index is 13.6. The van der Waals surface area contributed by atoms with Gasteiger partial charge >= 0.3 is 6.03 Å². The van der Waals surface area contributed by atoms with E-state index in [0.29, 0.717) is 29.8 Å². The summed E-state index contributed by atoms with van der Waals surface area (Å²) >= 11 is 0. The molecule has 1 fully saturated rings. The van der Waals surface area contributed by atoms with E-state index in [4.69, 9.17) is 4.74 Å². The number of carbonyl (C=O) groups excluding carboxylic acids is 3. The molecule has 0 spiro atoms. The van der Waals surface area contributed by atoms with Gasteiger partial charge in [-0.05, 0) is 70.6 Å². The minimum Gasteiger partial charge on any atom is -0.480 e. The number of hydrogen-bond acceptors (Lipinski definition) is 9. The highest BCUT2D eigenvalue weighted by molar-refractivity contribution is 5.94. The van der Waals surface area contributed by atoms with Gasteiger partial charge in [-0.15, -0.1) is 10.2 Å². The number of hydrogen-bond donors (Lipinski definition) is 3. The molecule has 274 valence electrons. The lowest BCUT2D eigenvalue weighted by molar-refractivity contribution is -0.111. The van der Waals surface area contributed by atoms with Crippen molar-refractivity contribution in [2.75, 3.05) is 26.0 Å². The second kappa shape index (κ2) is 13.8. The van der Waals surface area contributed by atoms with Gasteiger partial charge in [-0.2, -0.15) is 0 Å². The Hall–Kier alpha value is -5.17. The smallest absolute Gasteiger partial charge is 0.321 e. The van der Waals surface area contributed by atoms with Crippen LogP contribution in [0.5, 0.6) is 5.75 Å². The molecule has 2 aliphatic rings. The van der Waals surface area contributed by atoms with E-state index in [-0.39, 0.29) is 22.6 Å². The van der Waals surface area contributed by atoms with Crippen molar-refractivity contribution in [1.29, 1.82) is 0 Å². The van der Waals surface area contributed by atoms with Gasteiger partial charge in [-0.25, -0.2) is 14.8 Å². The SMILES string of the molecule is CN(C)C(C)(C)CNC(=O)c1nc(NC(=O)N[C@@]2(C=O)C=C[C@@H](Oc3ccc4nnc(C5(C)CCCC5)n4c3)c3ccccc32)cc(C(C)(C)C)n1. The van der Waals surface area contributed by atoms with Crippen LogP contribution in [-0.4, -0.2) is 73.9 Å². The minimum atomic E-state index is -1.50. The van der Waals surface area contributed by atoms with Gasteiger partial charge in [0.2, 0.25) is 5.82 Å². The van der Waals surface area contributed by atoms with Crippen molar-refractivity contribution in [2.45, 2.75) is 95.2 Å². The maximum absolute atomic E-state index is 13.6. The first kappa shape index (κ1) is 36.6. The van der Waals surface area contributed by atoms with Crippen LogP contribution in [0.25, 0.3) is 5.65 Å². The van der Waals surface area contributed by atoms with E-state index in [1.54, 1.807) is 24.3 Å². The summed E-state index contributed by atoms with van der Waals surface area (Å²) in [6, 6.07) is 12.1. The number of fused-ring (bicyclic) bond motifs is 2. The van der Waals surface area contributed by atoms with Crippen molar-refractivity contribution >= 4 is 29.7 Å². The zero-order valence-electron chi connectivity index (χ0n) is 31.3. The Morgan fingerprint density at radius 2 is 1.77 bits per heavy atom. The summed E-state index contributed by atoms with van der Waals surface area (Å²) in [6.07, 6.45) is 9.95. The van der Waals surface area contributed by atoms with Crippen molar-refractivity contribution < 1.29 is 19.1 Å². The van der Waals surface area contributed by atoms with Gasteiger partial charge in [0.05, 0.1) is 11.9 Å². The van der Waals surface area contributed by atoms with Crippen LogP contribution in [0, 0.1) is 0 Å². The molecule has 4 aromatic rings. The molecule has 0 radical (unpaired) electrons. The fourth-order valence-corrected chi connectivity index (χ4v) is 6.64. The fraction of sp³-hybridized carbons (Fsp3) is 0.462. The number of pyridine rings is 1. The highest BCUT2D eigenvalue weighted by Crippen LogP contribution is 2.41. The molecule has 13 heteroatoms. The van der Waals surface area contributed by atoms with Gasteiger partial charge < -0.3 is 20.3 Å². The Bertz CT molecular complexity index is 2020. The van der Waals surface area contributed by atoms with E-state index in [1.165, 1.54) is 12.8 Å². The third kappa shape index (κ3) is 7.27. The number of benzene rings is 1. The van der Waals surface area contributed by atoms with Crippen molar-refractivity contribution in [2.24, 2.45) is 0 Å². The summed E-state index contributed by atoms with van der Waals surface area (Å²) in [5.74, 6) is 1.14. The van der Waals surface area contributed by atoms with Crippen LogP contribution in [-0.2, 0) is 21.2 Å². The monoisotopic (exact) mass is 707 g/mol.